The Kier molecular flexibility index (Phi) is 9.31. The molecule has 35 heavy (non-hydrogen) atoms. The van der Waals surface area contributed by atoms with Gasteiger partial charge in [-0.2, -0.15) is 0 Å². The maximum absolute atomic E-state index is 10.0. The number of anilines is 2. The van der Waals surface area contributed by atoms with E-state index in [0.717, 1.165) is 16.7 Å². The Labute approximate surface area is 214 Å². The third-order valence-electron chi connectivity index (χ3n) is 4.75. The van der Waals surface area contributed by atoms with Crippen LogP contribution in [0.3, 0.4) is 0 Å². The molecular weight excluding hydrogens is 487 g/mol. The summed E-state index contributed by atoms with van der Waals surface area (Å²) in [5, 5.41) is 4.36. The van der Waals surface area contributed by atoms with Crippen LogP contribution in [0.15, 0.2) is 61.1 Å². The van der Waals surface area contributed by atoms with Gasteiger partial charge in [0.1, 0.15) is 23.3 Å². The summed E-state index contributed by atoms with van der Waals surface area (Å²) in [6, 6.07) is 14.5. The van der Waals surface area contributed by atoms with E-state index in [4.69, 9.17) is 39.4 Å². The first-order valence-electron chi connectivity index (χ1n) is 11.0. The molecule has 0 fully saturated rings. The molecule has 0 saturated carbocycles. The number of primary amides is 1. The second kappa shape index (κ2) is 12.4. The molecule has 2 aromatic carbocycles. The van der Waals surface area contributed by atoms with Crippen LogP contribution in [0.25, 0.3) is 11.0 Å². The van der Waals surface area contributed by atoms with Gasteiger partial charge in [0.25, 0.3) is 0 Å². The molecule has 0 bridgehead atoms. The smallest absolute Gasteiger partial charge is 0.217 e. The van der Waals surface area contributed by atoms with Crippen molar-refractivity contribution >= 4 is 51.6 Å². The van der Waals surface area contributed by atoms with Crippen LogP contribution in [0.1, 0.15) is 20.3 Å². The number of ether oxygens (including phenoxy) is 1. The SMILES string of the molecule is CC(C)CC(N)=O.NCCn1ccc2ncnc(Nc3ccc(Oc4cccc(Cl)c4)c(Cl)c3)c21. The number of fused-ring (bicyclic) bond motifs is 1. The predicted molar refractivity (Wildman–Crippen MR) is 141 cm³/mol. The molecule has 4 rings (SSSR count). The van der Waals surface area contributed by atoms with Crippen molar-refractivity contribution in [2.75, 3.05) is 11.9 Å². The van der Waals surface area contributed by atoms with Gasteiger partial charge >= 0.3 is 0 Å². The number of hydrogen-bond donors (Lipinski definition) is 3. The molecular formula is C25H28Cl2N6O2. The number of carbonyl (C=O) groups is 1. The molecule has 0 aliphatic carbocycles. The summed E-state index contributed by atoms with van der Waals surface area (Å²) in [7, 11) is 0. The molecule has 2 aromatic heterocycles. The highest BCUT2D eigenvalue weighted by molar-refractivity contribution is 6.32. The Morgan fingerprint density at radius 2 is 1.94 bits per heavy atom. The summed E-state index contributed by atoms with van der Waals surface area (Å²) < 4.78 is 7.84. The minimum Gasteiger partial charge on any atom is -0.456 e. The van der Waals surface area contributed by atoms with Gasteiger partial charge in [-0.25, -0.2) is 9.97 Å². The van der Waals surface area contributed by atoms with Crippen molar-refractivity contribution < 1.29 is 9.53 Å². The Morgan fingerprint density at radius 3 is 2.57 bits per heavy atom. The van der Waals surface area contributed by atoms with E-state index >= 15 is 0 Å². The third kappa shape index (κ3) is 7.58. The monoisotopic (exact) mass is 514 g/mol. The topological polar surface area (TPSA) is 121 Å². The fraction of sp³-hybridized carbons (Fsp3) is 0.240. The molecule has 10 heteroatoms. The highest BCUT2D eigenvalue weighted by Crippen LogP contribution is 2.34. The van der Waals surface area contributed by atoms with Crippen molar-refractivity contribution in [3.63, 3.8) is 0 Å². The number of nitrogens with two attached hydrogens (primary N) is 2. The number of aromatic nitrogens is 3. The van der Waals surface area contributed by atoms with Crippen molar-refractivity contribution in [3.8, 4) is 11.5 Å². The van der Waals surface area contributed by atoms with Crippen molar-refractivity contribution in [2.24, 2.45) is 17.4 Å². The molecule has 1 amide bonds. The van der Waals surface area contributed by atoms with Gasteiger partial charge in [-0.15, -0.1) is 0 Å². The number of nitrogens with zero attached hydrogens (tertiary/aromatic N) is 3. The van der Waals surface area contributed by atoms with Gasteiger partial charge < -0.3 is 26.1 Å². The quantitative estimate of drug-likeness (QED) is 0.275. The van der Waals surface area contributed by atoms with Gasteiger partial charge in [0, 0.05) is 36.4 Å². The minimum atomic E-state index is -0.213. The standard InChI is InChI=1S/C20H17Cl2N5O.C5H11NO/c21-13-2-1-3-15(10-13)28-18-5-4-14(11-16(18)22)26-20-19-17(24-12-25-20)6-8-27(19)9-7-23;1-4(2)3-5(6)7/h1-6,8,10-12H,7,9,23H2,(H,24,25,26);4H,3H2,1-2H3,(H2,6,7). The highest BCUT2D eigenvalue weighted by Gasteiger charge is 2.11. The number of hydrogen-bond acceptors (Lipinski definition) is 6. The van der Waals surface area contributed by atoms with E-state index in [-0.39, 0.29) is 5.91 Å². The summed E-state index contributed by atoms with van der Waals surface area (Å²) in [5.41, 5.74) is 13.1. The number of halogens is 2. The van der Waals surface area contributed by atoms with Crippen LogP contribution in [-0.4, -0.2) is 27.0 Å². The lowest BCUT2D eigenvalue weighted by Gasteiger charge is -2.12. The van der Waals surface area contributed by atoms with Gasteiger partial charge in [-0.1, -0.05) is 43.1 Å². The molecule has 0 unspecified atom stereocenters. The van der Waals surface area contributed by atoms with Crippen molar-refractivity contribution in [2.45, 2.75) is 26.8 Å². The summed E-state index contributed by atoms with van der Waals surface area (Å²) in [6.45, 7) is 5.13. The molecule has 8 nitrogen and oxygen atoms in total. The molecule has 0 radical (unpaired) electrons. The summed E-state index contributed by atoms with van der Waals surface area (Å²) >= 11 is 12.4. The molecule has 0 aliphatic rings. The Morgan fingerprint density at radius 1 is 1.14 bits per heavy atom. The van der Waals surface area contributed by atoms with E-state index in [1.807, 2.05) is 48.9 Å². The number of benzene rings is 2. The lowest BCUT2D eigenvalue weighted by Crippen LogP contribution is -2.12. The zero-order chi connectivity index (χ0) is 25.4. The zero-order valence-electron chi connectivity index (χ0n) is 19.5. The molecule has 184 valence electrons. The van der Waals surface area contributed by atoms with Crippen LogP contribution in [0, 0.1) is 5.92 Å². The largest absolute Gasteiger partial charge is 0.456 e. The summed E-state index contributed by atoms with van der Waals surface area (Å²) in [6.07, 6.45) is 3.97. The van der Waals surface area contributed by atoms with E-state index in [1.165, 1.54) is 6.33 Å². The zero-order valence-corrected chi connectivity index (χ0v) is 21.1. The average molecular weight is 515 g/mol. The first kappa shape index (κ1) is 26.3. The first-order valence-corrected chi connectivity index (χ1v) is 11.8. The van der Waals surface area contributed by atoms with Crippen LogP contribution in [0.5, 0.6) is 11.5 Å². The predicted octanol–water partition coefficient (Wildman–Crippen LogP) is 5.75. The van der Waals surface area contributed by atoms with Crippen LogP contribution < -0.4 is 21.5 Å². The molecule has 0 saturated heterocycles. The summed E-state index contributed by atoms with van der Waals surface area (Å²) in [4.78, 5) is 18.7. The van der Waals surface area contributed by atoms with Gasteiger partial charge in [-0.05, 0) is 48.4 Å². The fourth-order valence-corrected chi connectivity index (χ4v) is 3.71. The van der Waals surface area contributed by atoms with Crippen LogP contribution in [-0.2, 0) is 11.3 Å². The van der Waals surface area contributed by atoms with Crippen molar-refractivity contribution in [3.05, 3.63) is 71.1 Å². The maximum atomic E-state index is 10.0. The number of nitrogens with one attached hydrogen (secondary N) is 1. The number of rotatable bonds is 8. The van der Waals surface area contributed by atoms with Crippen LogP contribution in [0.4, 0.5) is 11.5 Å². The average Bonchev–Trinajstić information content (AvgIpc) is 3.19. The Hall–Kier alpha value is -3.33. The third-order valence-corrected chi connectivity index (χ3v) is 5.28. The second-order valence-corrected chi connectivity index (χ2v) is 8.99. The fourth-order valence-electron chi connectivity index (χ4n) is 3.31. The lowest BCUT2D eigenvalue weighted by molar-refractivity contribution is -0.118. The first-order chi connectivity index (χ1) is 16.8. The minimum absolute atomic E-state index is 0.213. The molecule has 0 aliphatic heterocycles. The number of carbonyl (C=O) groups excluding carboxylic acids is 1. The maximum Gasteiger partial charge on any atom is 0.217 e. The molecule has 0 spiro atoms. The second-order valence-electron chi connectivity index (χ2n) is 8.15. The van der Waals surface area contributed by atoms with E-state index < -0.39 is 0 Å². The summed E-state index contributed by atoms with van der Waals surface area (Å²) in [5.74, 6) is 2.02. The van der Waals surface area contributed by atoms with Gasteiger partial charge in [0.2, 0.25) is 5.91 Å². The van der Waals surface area contributed by atoms with Gasteiger partial charge in [0.05, 0.1) is 10.5 Å². The molecule has 4 aromatic rings. The van der Waals surface area contributed by atoms with Gasteiger partial charge in [0.15, 0.2) is 5.82 Å². The van der Waals surface area contributed by atoms with Crippen LogP contribution in [0.2, 0.25) is 10.0 Å². The van der Waals surface area contributed by atoms with Crippen molar-refractivity contribution in [1.82, 2.24) is 14.5 Å². The van der Waals surface area contributed by atoms with E-state index in [0.29, 0.717) is 52.8 Å². The molecule has 5 N–H and O–H groups in total. The van der Waals surface area contributed by atoms with E-state index in [2.05, 4.69) is 15.3 Å². The Balaban J connectivity index is 0.000000429. The highest BCUT2D eigenvalue weighted by atomic mass is 35.5. The normalized spacial score (nSPS) is 10.7. The van der Waals surface area contributed by atoms with Gasteiger partial charge in [-0.3, -0.25) is 4.79 Å². The molecule has 0 atom stereocenters. The van der Waals surface area contributed by atoms with Crippen LogP contribution >= 0.6 is 23.2 Å². The Bertz CT molecular complexity index is 1290. The number of amides is 1. The van der Waals surface area contributed by atoms with E-state index in [9.17, 15) is 4.79 Å². The van der Waals surface area contributed by atoms with E-state index in [1.54, 1.807) is 24.3 Å². The van der Waals surface area contributed by atoms with Crippen molar-refractivity contribution in [1.29, 1.82) is 0 Å². The molecule has 2 heterocycles. The lowest BCUT2D eigenvalue weighted by atomic mass is 10.1.